The van der Waals surface area contributed by atoms with E-state index in [9.17, 15) is 14.9 Å². The predicted molar refractivity (Wildman–Crippen MR) is 79.9 cm³/mol. The van der Waals surface area contributed by atoms with Crippen molar-refractivity contribution in [1.82, 2.24) is 10.4 Å². The van der Waals surface area contributed by atoms with Gasteiger partial charge >= 0.3 is 6.03 Å². The molecule has 114 valence electrons. The summed E-state index contributed by atoms with van der Waals surface area (Å²) in [5.74, 6) is 0. The fourth-order valence-corrected chi connectivity index (χ4v) is 2.58. The van der Waals surface area contributed by atoms with E-state index >= 15 is 0 Å². The Morgan fingerprint density at radius 2 is 1.81 bits per heavy atom. The Morgan fingerprint density at radius 1 is 1.24 bits per heavy atom. The molecule has 2 N–H and O–H groups in total. The summed E-state index contributed by atoms with van der Waals surface area (Å²) in [4.78, 5) is 22.1. The first-order chi connectivity index (χ1) is 9.97. The van der Waals surface area contributed by atoms with Crippen molar-refractivity contribution < 1.29 is 9.72 Å². The number of amides is 2. The van der Waals surface area contributed by atoms with Crippen LogP contribution in [0.1, 0.15) is 33.1 Å². The Bertz CT molecular complexity index is 507. The van der Waals surface area contributed by atoms with Crippen molar-refractivity contribution >= 4 is 17.4 Å². The maximum absolute atomic E-state index is 12.0. The number of carbonyl (C=O) groups is 1. The average molecular weight is 292 g/mol. The highest BCUT2D eigenvalue weighted by atomic mass is 16.6. The molecule has 1 aromatic rings. The zero-order valence-electron chi connectivity index (χ0n) is 12.2. The van der Waals surface area contributed by atoms with E-state index in [1.807, 2.05) is 5.01 Å². The molecule has 1 aromatic carbocycles. The van der Waals surface area contributed by atoms with Gasteiger partial charge in [0.25, 0.3) is 5.69 Å². The minimum atomic E-state index is -0.471. The Balaban J connectivity index is 1.93. The van der Waals surface area contributed by atoms with Crippen molar-refractivity contribution in [1.29, 1.82) is 0 Å². The van der Waals surface area contributed by atoms with Gasteiger partial charge in [-0.1, -0.05) is 6.42 Å². The highest BCUT2D eigenvalue weighted by molar-refractivity contribution is 5.89. The number of nitrogens with one attached hydrogen (secondary N) is 2. The smallest absolute Gasteiger partial charge is 0.307 e. The van der Waals surface area contributed by atoms with Crippen LogP contribution in [0.3, 0.4) is 0 Å². The van der Waals surface area contributed by atoms with Crippen molar-refractivity contribution in [2.75, 3.05) is 5.32 Å². The molecule has 0 spiro atoms. The van der Waals surface area contributed by atoms with E-state index in [0.717, 1.165) is 12.8 Å². The van der Waals surface area contributed by atoms with Gasteiger partial charge in [0.2, 0.25) is 0 Å². The first-order valence-corrected chi connectivity index (χ1v) is 7.08. The fourth-order valence-electron chi connectivity index (χ4n) is 2.58. The predicted octanol–water partition coefficient (Wildman–Crippen LogP) is 2.89. The zero-order valence-corrected chi connectivity index (χ0v) is 12.2. The molecule has 1 heterocycles. The monoisotopic (exact) mass is 292 g/mol. The van der Waals surface area contributed by atoms with Gasteiger partial charge in [0.1, 0.15) is 0 Å². The lowest BCUT2D eigenvalue weighted by Gasteiger charge is -2.38. The average Bonchev–Trinajstić information content (AvgIpc) is 2.43. The Kier molecular flexibility index (Phi) is 4.74. The molecule has 1 aliphatic rings. The van der Waals surface area contributed by atoms with Gasteiger partial charge in [0, 0.05) is 29.9 Å². The van der Waals surface area contributed by atoms with Crippen LogP contribution in [0.2, 0.25) is 0 Å². The summed E-state index contributed by atoms with van der Waals surface area (Å²) in [6, 6.07) is 6.03. The summed E-state index contributed by atoms with van der Waals surface area (Å²) in [5.41, 5.74) is 3.38. The van der Waals surface area contributed by atoms with Crippen LogP contribution in [-0.2, 0) is 0 Å². The molecule has 21 heavy (non-hydrogen) atoms. The number of urea groups is 1. The third kappa shape index (κ3) is 3.91. The number of nitrogens with zero attached hydrogens (tertiary/aromatic N) is 2. The van der Waals surface area contributed by atoms with Gasteiger partial charge in [-0.3, -0.25) is 15.5 Å². The van der Waals surface area contributed by atoms with Crippen molar-refractivity contribution in [3.05, 3.63) is 34.4 Å². The van der Waals surface area contributed by atoms with Gasteiger partial charge in [0.05, 0.1) is 4.92 Å². The fraction of sp³-hybridized carbons (Fsp3) is 0.500. The van der Waals surface area contributed by atoms with Crippen LogP contribution in [0.4, 0.5) is 16.2 Å². The van der Waals surface area contributed by atoms with Crippen LogP contribution < -0.4 is 10.7 Å². The minimum Gasteiger partial charge on any atom is -0.307 e. The largest absolute Gasteiger partial charge is 0.333 e. The standard InChI is InChI=1S/C14H20N4O3/c1-10-4-3-5-11(2)17(10)16-14(19)15-12-6-8-13(9-7-12)18(20)21/h6-11H,3-5H2,1-2H3,(H2,15,16,19). The van der Waals surface area contributed by atoms with Gasteiger partial charge < -0.3 is 5.32 Å². The molecule has 2 amide bonds. The minimum absolute atomic E-state index is 0.000710. The van der Waals surface area contributed by atoms with E-state index in [0.29, 0.717) is 17.8 Å². The Hall–Kier alpha value is -2.15. The summed E-state index contributed by atoms with van der Waals surface area (Å²) in [6.45, 7) is 4.17. The number of nitro groups is 1. The number of hydrazine groups is 1. The van der Waals surface area contributed by atoms with Gasteiger partial charge in [0.15, 0.2) is 0 Å². The number of nitro benzene ring substituents is 1. The highest BCUT2D eigenvalue weighted by Gasteiger charge is 2.26. The van der Waals surface area contributed by atoms with Crippen molar-refractivity contribution in [3.8, 4) is 0 Å². The lowest BCUT2D eigenvalue weighted by molar-refractivity contribution is -0.384. The normalized spacial score (nSPS) is 22.6. The van der Waals surface area contributed by atoms with Crippen molar-refractivity contribution in [3.63, 3.8) is 0 Å². The molecular formula is C14H20N4O3. The van der Waals surface area contributed by atoms with Gasteiger partial charge in [-0.15, -0.1) is 0 Å². The molecule has 0 bridgehead atoms. The van der Waals surface area contributed by atoms with Crippen LogP contribution in [-0.4, -0.2) is 28.0 Å². The second-order valence-corrected chi connectivity index (χ2v) is 5.41. The molecule has 0 aromatic heterocycles. The third-order valence-corrected chi connectivity index (χ3v) is 3.76. The number of carbonyl (C=O) groups excluding carboxylic acids is 1. The van der Waals surface area contributed by atoms with E-state index < -0.39 is 4.92 Å². The molecule has 1 aliphatic heterocycles. The van der Waals surface area contributed by atoms with Crippen LogP contribution in [0.15, 0.2) is 24.3 Å². The summed E-state index contributed by atoms with van der Waals surface area (Å²) >= 11 is 0. The second kappa shape index (κ2) is 6.53. The number of hydrogen-bond donors (Lipinski definition) is 2. The first-order valence-electron chi connectivity index (χ1n) is 7.08. The summed E-state index contributed by atoms with van der Waals surface area (Å²) in [7, 11) is 0. The van der Waals surface area contributed by atoms with Crippen molar-refractivity contribution in [2.24, 2.45) is 0 Å². The molecule has 0 saturated carbocycles. The number of non-ortho nitro benzene ring substituents is 1. The summed E-state index contributed by atoms with van der Waals surface area (Å²) < 4.78 is 0. The Morgan fingerprint density at radius 3 is 2.33 bits per heavy atom. The van der Waals surface area contributed by atoms with Gasteiger partial charge in [-0.05, 0) is 38.8 Å². The molecule has 7 nitrogen and oxygen atoms in total. The zero-order chi connectivity index (χ0) is 15.4. The number of anilines is 1. The molecule has 2 rings (SSSR count). The summed E-state index contributed by atoms with van der Waals surface area (Å²) in [5, 5.41) is 15.2. The van der Waals surface area contributed by atoms with Crippen LogP contribution in [0, 0.1) is 10.1 Å². The van der Waals surface area contributed by atoms with E-state index in [2.05, 4.69) is 24.6 Å². The molecule has 1 saturated heterocycles. The first kappa shape index (κ1) is 15.2. The number of rotatable bonds is 3. The third-order valence-electron chi connectivity index (χ3n) is 3.76. The molecule has 0 radical (unpaired) electrons. The van der Waals surface area contributed by atoms with Crippen LogP contribution in [0.25, 0.3) is 0 Å². The van der Waals surface area contributed by atoms with E-state index in [4.69, 9.17) is 0 Å². The molecule has 2 atom stereocenters. The lowest BCUT2D eigenvalue weighted by Crippen LogP contribution is -2.55. The molecule has 1 fully saturated rings. The topological polar surface area (TPSA) is 87.5 Å². The van der Waals surface area contributed by atoms with Gasteiger partial charge in [-0.2, -0.15) is 0 Å². The lowest BCUT2D eigenvalue weighted by atomic mass is 10.00. The molecular weight excluding hydrogens is 272 g/mol. The van der Waals surface area contributed by atoms with E-state index in [1.165, 1.54) is 30.7 Å². The number of benzene rings is 1. The molecule has 0 aliphatic carbocycles. The van der Waals surface area contributed by atoms with Gasteiger partial charge in [-0.25, -0.2) is 9.80 Å². The van der Waals surface area contributed by atoms with Crippen LogP contribution in [0.5, 0.6) is 0 Å². The van der Waals surface area contributed by atoms with Crippen LogP contribution >= 0.6 is 0 Å². The second-order valence-electron chi connectivity index (χ2n) is 5.41. The SMILES string of the molecule is CC1CCCC(C)N1NC(=O)Nc1ccc([N+](=O)[O-])cc1. The maximum atomic E-state index is 12.0. The quantitative estimate of drug-likeness (QED) is 0.662. The van der Waals surface area contributed by atoms with E-state index in [1.54, 1.807) is 0 Å². The Labute approximate surface area is 123 Å². The molecule has 2 unspecified atom stereocenters. The molecule has 7 heteroatoms. The highest BCUT2D eigenvalue weighted by Crippen LogP contribution is 2.20. The van der Waals surface area contributed by atoms with E-state index in [-0.39, 0.29) is 11.7 Å². The van der Waals surface area contributed by atoms with Crippen molar-refractivity contribution in [2.45, 2.75) is 45.2 Å². The maximum Gasteiger partial charge on any atom is 0.333 e. The number of piperidine rings is 1. The summed E-state index contributed by atoms with van der Waals surface area (Å²) in [6.07, 6.45) is 3.29. The number of hydrogen-bond acceptors (Lipinski definition) is 4.